The molecule has 0 aliphatic heterocycles. The lowest BCUT2D eigenvalue weighted by molar-refractivity contribution is -0.158. The fourth-order valence-electron chi connectivity index (χ4n) is 1.50. The van der Waals surface area contributed by atoms with Crippen LogP contribution in [0.2, 0.25) is 0 Å². The number of ether oxygens (including phenoxy) is 2. The molecule has 0 aromatic carbocycles. The van der Waals surface area contributed by atoms with Gasteiger partial charge in [0.15, 0.2) is 5.78 Å². The van der Waals surface area contributed by atoms with Crippen LogP contribution in [0.4, 0.5) is 0 Å². The van der Waals surface area contributed by atoms with Gasteiger partial charge in [0, 0.05) is 19.8 Å². The highest BCUT2D eigenvalue weighted by Gasteiger charge is 2.28. The van der Waals surface area contributed by atoms with Crippen LogP contribution in [0.5, 0.6) is 0 Å². The van der Waals surface area contributed by atoms with Gasteiger partial charge in [-0.05, 0) is 27.7 Å². The van der Waals surface area contributed by atoms with E-state index in [0.29, 0.717) is 19.4 Å². The molecule has 0 heterocycles. The second kappa shape index (κ2) is 6.15. The fourth-order valence-corrected chi connectivity index (χ4v) is 1.50. The van der Waals surface area contributed by atoms with Crippen molar-refractivity contribution in [3.63, 3.8) is 0 Å². The van der Waals surface area contributed by atoms with E-state index in [9.17, 15) is 9.59 Å². The minimum Gasteiger partial charge on any atom is -0.460 e. The number of hydrogen-bond donors (Lipinski definition) is 0. The van der Waals surface area contributed by atoms with Crippen LogP contribution < -0.4 is 0 Å². The van der Waals surface area contributed by atoms with Crippen LogP contribution in [-0.2, 0) is 19.1 Å². The molecule has 0 saturated carbocycles. The Hall–Kier alpha value is -0.900. The van der Waals surface area contributed by atoms with Crippen molar-refractivity contribution in [1.29, 1.82) is 0 Å². The van der Waals surface area contributed by atoms with Gasteiger partial charge in [0.2, 0.25) is 0 Å². The van der Waals surface area contributed by atoms with Gasteiger partial charge in [0.1, 0.15) is 11.2 Å². The molecule has 0 bridgehead atoms. The van der Waals surface area contributed by atoms with E-state index in [2.05, 4.69) is 0 Å². The third-order valence-electron chi connectivity index (χ3n) is 2.58. The van der Waals surface area contributed by atoms with Gasteiger partial charge in [0.05, 0.1) is 6.61 Å². The van der Waals surface area contributed by atoms with E-state index in [0.717, 1.165) is 0 Å². The van der Waals surface area contributed by atoms with Gasteiger partial charge in [-0.2, -0.15) is 0 Å². The Morgan fingerprint density at radius 3 is 2.06 bits per heavy atom. The van der Waals surface area contributed by atoms with Crippen LogP contribution >= 0.6 is 0 Å². The second-order valence-corrected chi connectivity index (χ2v) is 5.24. The number of ketones is 1. The minimum absolute atomic E-state index is 0.0720. The topological polar surface area (TPSA) is 52.6 Å². The van der Waals surface area contributed by atoms with Crippen molar-refractivity contribution < 1.29 is 19.1 Å². The maximum atomic E-state index is 11.6. The number of esters is 1. The van der Waals surface area contributed by atoms with Crippen molar-refractivity contribution in [2.45, 2.75) is 65.6 Å². The first-order chi connectivity index (χ1) is 7.60. The molecule has 4 heteroatoms. The van der Waals surface area contributed by atoms with Crippen LogP contribution in [0.1, 0.15) is 54.4 Å². The average molecular weight is 244 g/mol. The van der Waals surface area contributed by atoms with Gasteiger partial charge in [0.25, 0.3) is 0 Å². The molecule has 0 unspecified atom stereocenters. The molecular formula is C13H24O4. The first-order valence-electron chi connectivity index (χ1n) is 5.97. The van der Waals surface area contributed by atoms with Crippen molar-refractivity contribution in [2.75, 3.05) is 6.61 Å². The summed E-state index contributed by atoms with van der Waals surface area (Å²) in [6, 6.07) is 0. The van der Waals surface area contributed by atoms with E-state index in [1.165, 1.54) is 6.92 Å². The van der Waals surface area contributed by atoms with E-state index in [4.69, 9.17) is 9.47 Å². The summed E-state index contributed by atoms with van der Waals surface area (Å²) in [6.07, 6.45) is 1.02. The van der Waals surface area contributed by atoms with E-state index in [1.54, 1.807) is 13.8 Å². The van der Waals surface area contributed by atoms with Crippen LogP contribution in [-0.4, -0.2) is 29.6 Å². The van der Waals surface area contributed by atoms with Crippen LogP contribution in [0.25, 0.3) is 0 Å². The Bertz CT molecular complexity index is 279. The van der Waals surface area contributed by atoms with Crippen molar-refractivity contribution in [1.82, 2.24) is 0 Å². The predicted octanol–water partition coefficient (Wildman–Crippen LogP) is 2.49. The molecule has 0 atom stereocenters. The highest BCUT2D eigenvalue weighted by atomic mass is 16.6. The van der Waals surface area contributed by atoms with Crippen LogP contribution in [0.15, 0.2) is 0 Å². The zero-order valence-electron chi connectivity index (χ0n) is 11.8. The third kappa shape index (κ3) is 6.41. The average Bonchev–Trinajstić information content (AvgIpc) is 2.13. The Kier molecular flexibility index (Phi) is 5.82. The van der Waals surface area contributed by atoms with E-state index in [1.807, 2.05) is 20.8 Å². The van der Waals surface area contributed by atoms with Gasteiger partial charge in [-0.25, -0.2) is 0 Å². The van der Waals surface area contributed by atoms with Crippen LogP contribution in [0.3, 0.4) is 0 Å². The summed E-state index contributed by atoms with van der Waals surface area (Å²) in [5.74, 6) is -0.235. The molecule has 4 nitrogen and oxygen atoms in total. The Balaban J connectivity index is 4.14. The molecule has 100 valence electrons. The number of carbonyl (C=O) groups excluding carboxylic acids is 2. The zero-order valence-corrected chi connectivity index (χ0v) is 11.8. The SMILES string of the molecule is CCC(=O)C(C)(C)OCCC(C)(C)OC(C)=O. The fraction of sp³-hybridized carbons (Fsp3) is 0.846. The smallest absolute Gasteiger partial charge is 0.303 e. The first kappa shape index (κ1) is 16.1. The maximum absolute atomic E-state index is 11.6. The Morgan fingerprint density at radius 1 is 1.12 bits per heavy atom. The summed E-state index contributed by atoms with van der Waals surface area (Å²) in [5, 5.41) is 0. The number of rotatable bonds is 7. The van der Waals surface area contributed by atoms with Gasteiger partial charge < -0.3 is 9.47 Å². The van der Waals surface area contributed by atoms with Crippen molar-refractivity contribution in [3.05, 3.63) is 0 Å². The van der Waals surface area contributed by atoms with Crippen LogP contribution in [0, 0.1) is 0 Å². The Morgan fingerprint density at radius 2 is 1.65 bits per heavy atom. The lowest BCUT2D eigenvalue weighted by atomic mass is 10.0. The molecule has 0 aromatic rings. The molecule has 0 radical (unpaired) electrons. The number of Topliss-reactive ketones (excluding diaryl/α,β-unsaturated/α-hetero) is 1. The molecule has 0 saturated heterocycles. The highest BCUT2D eigenvalue weighted by Crippen LogP contribution is 2.18. The summed E-state index contributed by atoms with van der Waals surface area (Å²) in [5.41, 5.74) is -1.32. The molecule has 17 heavy (non-hydrogen) atoms. The van der Waals surface area contributed by atoms with Crippen molar-refractivity contribution in [3.8, 4) is 0 Å². The van der Waals surface area contributed by atoms with Crippen molar-refractivity contribution in [2.24, 2.45) is 0 Å². The summed E-state index contributed by atoms with van der Waals surface area (Å²) in [7, 11) is 0. The van der Waals surface area contributed by atoms with Gasteiger partial charge in [-0.15, -0.1) is 0 Å². The molecule has 0 aliphatic rings. The highest BCUT2D eigenvalue weighted by molar-refractivity contribution is 5.86. The molecule has 0 N–H and O–H groups in total. The zero-order chi connectivity index (χ0) is 13.7. The summed E-state index contributed by atoms with van der Waals surface area (Å²) in [6.45, 7) is 10.8. The van der Waals surface area contributed by atoms with E-state index < -0.39 is 11.2 Å². The first-order valence-corrected chi connectivity index (χ1v) is 5.97. The molecule has 0 aliphatic carbocycles. The number of carbonyl (C=O) groups is 2. The second-order valence-electron chi connectivity index (χ2n) is 5.24. The third-order valence-corrected chi connectivity index (χ3v) is 2.58. The van der Waals surface area contributed by atoms with E-state index >= 15 is 0 Å². The molecule has 0 spiro atoms. The molecule has 0 amide bonds. The minimum atomic E-state index is -0.763. The number of hydrogen-bond acceptors (Lipinski definition) is 4. The Labute approximate surface area is 104 Å². The molecule has 0 aromatic heterocycles. The predicted molar refractivity (Wildman–Crippen MR) is 65.8 cm³/mol. The quantitative estimate of drug-likeness (QED) is 0.646. The summed E-state index contributed by atoms with van der Waals surface area (Å²) >= 11 is 0. The summed E-state index contributed by atoms with van der Waals surface area (Å²) < 4.78 is 10.7. The standard InChI is InChI=1S/C13H24O4/c1-7-11(15)13(5,6)16-9-8-12(3,4)17-10(2)14/h7-9H2,1-6H3. The normalized spacial score (nSPS) is 12.4. The van der Waals surface area contributed by atoms with Gasteiger partial charge in [-0.3, -0.25) is 9.59 Å². The van der Waals surface area contributed by atoms with Gasteiger partial charge >= 0.3 is 5.97 Å². The molecule has 0 fully saturated rings. The monoisotopic (exact) mass is 244 g/mol. The molecule has 0 rings (SSSR count). The maximum Gasteiger partial charge on any atom is 0.303 e. The largest absolute Gasteiger partial charge is 0.460 e. The van der Waals surface area contributed by atoms with Gasteiger partial charge in [-0.1, -0.05) is 6.92 Å². The molecular weight excluding hydrogens is 220 g/mol. The lowest BCUT2D eigenvalue weighted by Gasteiger charge is -2.28. The van der Waals surface area contributed by atoms with Crippen molar-refractivity contribution >= 4 is 11.8 Å². The summed E-state index contributed by atoms with van der Waals surface area (Å²) in [4.78, 5) is 22.4. The van der Waals surface area contributed by atoms with E-state index in [-0.39, 0.29) is 11.8 Å². The lowest BCUT2D eigenvalue weighted by Crippen LogP contribution is -2.37.